The average Bonchev–Trinajstić information content (AvgIpc) is 2.59. The van der Waals surface area contributed by atoms with Gasteiger partial charge in [0.2, 0.25) is 0 Å². The van der Waals surface area contributed by atoms with Gasteiger partial charge in [-0.25, -0.2) is 4.79 Å². The first-order valence-corrected chi connectivity index (χ1v) is 8.53. The zero-order valence-electron chi connectivity index (χ0n) is 15.3. The van der Waals surface area contributed by atoms with Crippen LogP contribution in [-0.2, 0) is 4.74 Å². The van der Waals surface area contributed by atoms with Crippen molar-refractivity contribution >= 4 is 22.7 Å². The molecule has 134 valence electrons. The molecule has 1 amide bonds. The first kappa shape index (κ1) is 17.3. The molecule has 1 fully saturated rings. The largest absolute Gasteiger partial charge is 0.497 e. The molecule has 25 heavy (non-hydrogen) atoms. The predicted molar refractivity (Wildman–Crippen MR) is 98.3 cm³/mol. The van der Waals surface area contributed by atoms with Gasteiger partial charge in [0.05, 0.1) is 18.3 Å². The quantitative estimate of drug-likeness (QED) is 0.837. The van der Waals surface area contributed by atoms with Crippen molar-refractivity contribution in [1.82, 2.24) is 9.88 Å². The van der Waals surface area contributed by atoms with Gasteiger partial charge in [0, 0.05) is 43.8 Å². The second-order valence-corrected chi connectivity index (χ2v) is 7.18. The highest BCUT2D eigenvalue weighted by Gasteiger charge is 2.26. The molecule has 1 aromatic carbocycles. The summed E-state index contributed by atoms with van der Waals surface area (Å²) in [6, 6.07) is 7.96. The molecular weight excluding hydrogens is 318 g/mol. The highest BCUT2D eigenvalue weighted by molar-refractivity contribution is 5.92. The van der Waals surface area contributed by atoms with Gasteiger partial charge >= 0.3 is 6.09 Å². The minimum atomic E-state index is -0.471. The maximum absolute atomic E-state index is 12.2. The second kappa shape index (κ2) is 6.78. The number of fused-ring (bicyclic) bond motifs is 1. The van der Waals surface area contributed by atoms with E-state index in [2.05, 4.69) is 9.88 Å². The van der Waals surface area contributed by atoms with E-state index in [0.29, 0.717) is 13.1 Å². The van der Waals surface area contributed by atoms with Crippen LogP contribution >= 0.6 is 0 Å². The Morgan fingerprint density at radius 2 is 1.88 bits per heavy atom. The van der Waals surface area contributed by atoms with Gasteiger partial charge in [0.1, 0.15) is 11.4 Å². The molecule has 1 saturated heterocycles. The summed E-state index contributed by atoms with van der Waals surface area (Å²) in [7, 11) is 1.67. The van der Waals surface area contributed by atoms with Crippen molar-refractivity contribution in [3.05, 3.63) is 30.5 Å². The van der Waals surface area contributed by atoms with E-state index in [1.165, 1.54) is 0 Å². The van der Waals surface area contributed by atoms with E-state index in [1.54, 1.807) is 18.2 Å². The maximum Gasteiger partial charge on any atom is 0.410 e. The Hall–Kier alpha value is -2.50. The second-order valence-electron chi connectivity index (χ2n) is 7.18. The molecule has 2 heterocycles. The fraction of sp³-hybridized carbons (Fsp3) is 0.474. The van der Waals surface area contributed by atoms with Crippen LogP contribution in [0.4, 0.5) is 10.5 Å². The van der Waals surface area contributed by atoms with Crippen LogP contribution in [0.1, 0.15) is 20.8 Å². The Morgan fingerprint density at radius 1 is 1.16 bits per heavy atom. The first-order chi connectivity index (χ1) is 11.9. The standard InChI is InChI=1S/C19H25N3O3/c1-19(2,3)25-18(23)22-10-8-21(9-11-22)16-13-15(24-4)12-14-6-5-7-20-17(14)16/h5-7,12-13H,8-11H2,1-4H3. The molecule has 0 N–H and O–H groups in total. The fourth-order valence-corrected chi connectivity index (χ4v) is 2.96. The Balaban J connectivity index is 1.77. The highest BCUT2D eigenvalue weighted by atomic mass is 16.6. The van der Waals surface area contributed by atoms with Gasteiger partial charge in [0.25, 0.3) is 0 Å². The number of carbonyl (C=O) groups excluding carboxylic acids is 1. The van der Waals surface area contributed by atoms with Crippen molar-refractivity contribution in [2.45, 2.75) is 26.4 Å². The van der Waals surface area contributed by atoms with Crippen molar-refractivity contribution in [3.63, 3.8) is 0 Å². The number of anilines is 1. The van der Waals surface area contributed by atoms with E-state index >= 15 is 0 Å². The number of methoxy groups -OCH3 is 1. The van der Waals surface area contributed by atoms with Crippen molar-refractivity contribution in [3.8, 4) is 5.75 Å². The number of ether oxygens (including phenoxy) is 2. The number of aromatic nitrogens is 1. The lowest BCUT2D eigenvalue weighted by Crippen LogP contribution is -2.50. The van der Waals surface area contributed by atoms with E-state index in [1.807, 2.05) is 45.0 Å². The van der Waals surface area contributed by atoms with Crippen LogP contribution in [0.5, 0.6) is 5.75 Å². The summed E-state index contributed by atoms with van der Waals surface area (Å²) in [6.07, 6.45) is 1.55. The number of pyridine rings is 1. The van der Waals surface area contributed by atoms with Gasteiger partial charge in [-0.15, -0.1) is 0 Å². The molecule has 0 unspecified atom stereocenters. The predicted octanol–water partition coefficient (Wildman–Crippen LogP) is 3.30. The summed E-state index contributed by atoms with van der Waals surface area (Å²) >= 11 is 0. The number of carbonyl (C=O) groups is 1. The number of rotatable bonds is 2. The average molecular weight is 343 g/mol. The molecule has 2 aromatic rings. The summed E-state index contributed by atoms with van der Waals surface area (Å²) in [4.78, 5) is 20.8. The Labute approximate surface area is 148 Å². The minimum absolute atomic E-state index is 0.249. The molecular formula is C19H25N3O3. The van der Waals surface area contributed by atoms with Crippen LogP contribution in [0.15, 0.2) is 30.5 Å². The Morgan fingerprint density at radius 3 is 2.52 bits per heavy atom. The van der Waals surface area contributed by atoms with E-state index in [0.717, 1.165) is 35.4 Å². The summed E-state index contributed by atoms with van der Waals surface area (Å²) in [5.74, 6) is 0.810. The van der Waals surface area contributed by atoms with E-state index < -0.39 is 5.60 Å². The fourth-order valence-electron chi connectivity index (χ4n) is 2.96. The van der Waals surface area contributed by atoms with Crippen LogP contribution < -0.4 is 9.64 Å². The zero-order chi connectivity index (χ0) is 18.0. The highest BCUT2D eigenvalue weighted by Crippen LogP contribution is 2.31. The van der Waals surface area contributed by atoms with Crippen molar-refractivity contribution in [2.75, 3.05) is 38.2 Å². The molecule has 0 saturated carbocycles. The SMILES string of the molecule is COc1cc(N2CCN(C(=O)OC(C)(C)C)CC2)c2ncccc2c1. The smallest absolute Gasteiger partial charge is 0.410 e. The molecule has 1 aliphatic heterocycles. The summed E-state index contributed by atoms with van der Waals surface area (Å²) in [6.45, 7) is 8.37. The van der Waals surface area contributed by atoms with Crippen LogP contribution in [-0.4, -0.2) is 54.9 Å². The lowest BCUT2D eigenvalue weighted by atomic mass is 10.1. The normalized spacial score (nSPS) is 15.4. The molecule has 0 atom stereocenters. The maximum atomic E-state index is 12.2. The Bertz CT molecular complexity index is 762. The van der Waals surface area contributed by atoms with Crippen LogP contribution in [0.2, 0.25) is 0 Å². The monoisotopic (exact) mass is 343 g/mol. The summed E-state index contributed by atoms with van der Waals surface area (Å²) < 4.78 is 10.9. The van der Waals surface area contributed by atoms with Gasteiger partial charge in [-0.1, -0.05) is 6.07 Å². The molecule has 6 heteroatoms. The Kier molecular flexibility index (Phi) is 4.70. The third kappa shape index (κ3) is 3.95. The molecule has 0 aliphatic carbocycles. The first-order valence-electron chi connectivity index (χ1n) is 8.53. The van der Waals surface area contributed by atoms with Crippen molar-refractivity contribution in [1.29, 1.82) is 0 Å². The molecule has 0 bridgehead atoms. The minimum Gasteiger partial charge on any atom is -0.497 e. The number of hydrogen-bond donors (Lipinski definition) is 0. The number of hydrogen-bond acceptors (Lipinski definition) is 5. The lowest BCUT2D eigenvalue weighted by molar-refractivity contribution is 0.0240. The molecule has 0 radical (unpaired) electrons. The van der Waals surface area contributed by atoms with Crippen molar-refractivity contribution < 1.29 is 14.3 Å². The van der Waals surface area contributed by atoms with Gasteiger partial charge in [-0.3, -0.25) is 4.98 Å². The van der Waals surface area contributed by atoms with Crippen LogP contribution in [0.25, 0.3) is 10.9 Å². The molecule has 3 rings (SSSR count). The van der Waals surface area contributed by atoms with E-state index in [4.69, 9.17) is 9.47 Å². The van der Waals surface area contributed by atoms with Gasteiger partial charge < -0.3 is 19.3 Å². The van der Waals surface area contributed by atoms with Gasteiger partial charge in [0.15, 0.2) is 0 Å². The zero-order valence-corrected chi connectivity index (χ0v) is 15.3. The van der Waals surface area contributed by atoms with E-state index in [9.17, 15) is 4.79 Å². The van der Waals surface area contributed by atoms with Crippen LogP contribution in [0, 0.1) is 0 Å². The topological polar surface area (TPSA) is 54.9 Å². The molecule has 1 aliphatic rings. The number of piperazine rings is 1. The van der Waals surface area contributed by atoms with Crippen LogP contribution in [0.3, 0.4) is 0 Å². The third-order valence-corrected chi connectivity index (χ3v) is 4.17. The summed E-state index contributed by atoms with van der Waals surface area (Å²) in [5, 5.41) is 1.05. The van der Waals surface area contributed by atoms with Gasteiger partial charge in [-0.2, -0.15) is 0 Å². The number of amides is 1. The molecule has 6 nitrogen and oxygen atoms in total. The van der Waals surface area contributed by atoms with Crippen molar-refractivity contribution in [2.24, 2.45) is 0 Å². The number of benzene rings is 1. The van der Waals surface area contributed by atoms with Gasteiger partial charge in [-0.05, 0) is 32.9 Å². The molecule has 1 aromatic heterocycles. The summed E-state index contributed by atoms with van der Waals surface area (Å²) in [5.41, 5.74) is 1.52. The third-order valence-electron chi connectivity index (χ3n) is 4.17. The van der Waals surface area contributed by atoms with E-state index in [-0.39, 0.29) is 6.09 Å². The number of nitrogens with zero attached hydrogens (tertiary/aromatic N) is 3. The lowest BCUT2D eigenvalue weighted by Gasteiger charge is -2.37. The molecule has 0 spiro atoms.